The van der Waals surface area contributed by atoms with Crippen molar-refractivity contribution < 1.29 is 23.8 Å². The van der Waals surface area contributed by atoms with E-state index in [1.807, 2.05) is 12.2 Å². The zero-order valence-electron chi connectivity index (χ0n) is 43.8. The lowest BCUT2D eigenvalue weighted by molar-refractivity contribution is -0.162. The van der Waals surface area contributed by atoms with Gasteiger partial charge >= 0.3 is 11.9 Å². The van der Waals surface area contributed by atoms with E-state index in [0.29, 0.717) is 19.4 Å². The average molecular weight is 937 g/mol. The van der Waals surface area contributed by atoms with Crippen molar-refractivity contribution in [2.24, 2.45) is 0 Å². The Morgan fingerprint density at radius 3 is 1.13 bits per heavy atom. The second-order valence-electron chi connectivity index (χ2n) is 17.4. The first-order valence-electron chi connectivity index (χ1n) is 27.4. The number of carbonyl (C=O) groups excluding carboxylic acids is 2. The highest BCUT2D eigenvalue weighted by molar-refractivity contribution is 5.71. The van der Waals surface area contributed by atoms with Crippen molar-refractivity contribution in [3.8, 4) is 0 Å². The molecule has 0 rings (SSSR count). The minimum absolute atomic E-state index is 0.00542. The Bertz CT molecular complexity index is 1480. The Morgan fingerprint density at radius 1 is 0.353 bits per heavy atom. The number of carbonyl (C=O) groups is 2. The molecule has 0 radical (unpaired) electrons. The molecule has 0 aliphatic carbocycles. The van der Waals surface area contributed by atoms with Crippen LogP contribution in [0.25, 0.3) is 0 Å². The number of esters is 2. The maximum atomic E-state index is 12.8. The van der Waals surface area contributed by atoms with Crippen molar-refractivity contribution in [1.29, 1.82) is 0 Å². The Morgan fingerprint density at radius 2 is 0.706 bits per heavy atom. The van der Waals surface area contributed by atoms with E-state index >= 15 is 0 Å². The van der Waals surface area contributed by atoms with Gasteiger partial charge in [-0.1, -0.05) is 231 Å². The first-order chi connectivity index (χ1) is 33.6. The Hall–Kier alpha value is -4.22. The van der Waals surface area contributed by atoms with E-state index in [9.17, 15) is 9.59 Å². The average Bonchev–Trinajstić information content (AvgIpc) is 3.34. The molecule has 5 heteroatoms. The molecule has 0 saturated heterocycles. The Labute approximate surface area is 419 Å². The van der Waals surface area contributed by atoms with Crippen LogP contribution in [0.4, 0.5) is 0 Å². The summed E-state index contributed by atoms with van der Waals surface area (Å²) in [5.74, 6) is -0.622. The molecule has 0 aromatic rings. The van der Waals surface area contributed by atoms with Crippen molar-refractivity contribution in [1.82, 2.24) is 0 Å². The molecule has 0 aliphatic rings. The molecule has 0 heterocycles. The van der Waals surface area contributed by atoms with E-state index < -0.39 is 6.10 Å². The molecule has 0 fully saturated rings. The zero-order valence-corrected chi connectivity index (χ0v) is 43.8. The van der Waals surface area contributed by atoms with E-state index in [1.54, 1.807) is 0 Å². The number of hydrogen-bond donors (Lipinski definition) is 0. The molecule has 0 saturated carbocycles. The Kier molecular flexibility index (Phi) is 53.6. The molecule has 0 aliphatic heterocycles. The van der Waals surface area contributed by atoms with Crippen molar-refractivity contribution >= 4 is 11.9 Å². The van der Waals surface area contributed by atoms with Crippen molar-refractivity contribution in [3.63, 3.8) is 0 Å². The smallest absolute Gasteiger partial charge is 0.310 e. The lowest BCUT2D eigenvalue weighted by Crippen LogP contribution is -2.29. The summed E-state index contributed by atoms with van der Waals surface area (Å²) in [7, 11) is 0. The van der Waals surface area contributed by atoms with E-state index in [4.69, 9.17) is 14.2 Å². The lowest BCUT2D eigenvalue weighted by Gasteiger charge is -2.18. The Balaban J connectivity index is 4.48. The van der Waals surface area contributed by atoms with Crippen LogP contribution in [0.3, 0.4) is 0 Å². The molecular weight excluding hydrogens is 837 g/mol. The van der Waals surface area contributed by atoms with Crippen molar-refractivity contribution in [3.05, 3.63) is 146 Å². The summed E-state index contributed by atoms with van der Waals surface area (Å²) in [5.41, 5.74) is 0. The fourth-order valence-corrected chi connectivity index (χ4v) is 6.89. The quantitative estimate of drug-likeness (QED) is 0.0346. The SMILES string of the molecule is CC/C=C\C/C=C\C/C=C\C/C=C\C/C=C\CCCC(=O)OCC(COCCCCCCCCCCCC/C=C\C/C=C\CCCCC)OC(=O)C/C=C\C/C=C\C/C=C\C/C=C\C/C=C\CC. The highest BCUT2D eigenvalue weighted by atomic mass is 16.6. The summed E-state index contributed by atoms with van der Waals surface area (Å²) >= 11 is 0. The fourth-order valence-electron chi connectivity index (χ4n) is 6.89. The number of unbranched alkanes of at least 4 members (excludes halogenated alkanes) is 14. The summed E-state index contributed by atoms with van der Waals surface area (Å²) in [5, 5.41) is 0. The number of rotatable bonds is 48. The third kappa shape index (κ3) is 54.4. The van der Waals surface area contributed by atoms with Crippen LogP contribution >= 0.6 is 0 Å². The maximum Gasteiger partial charge on any atom is 0.310 e. The van der Waals surface area contributed by atoms with Gasteiger partial charge in [-0.25, -0.2) is 0 Å². The molecule has 1 atom stereocenters. The second kappa shape index (κ2) is 57.1. The normalized spacial score (nSPS) is 13.4. The molecular formula is C63H100O5. The zero-order chi connectivity index (χ0) is 49.2. The van der Waals surface area contributed by atoms with E-state index in [1.165, 1.54) is 83.5 Å². The van der Waals surface area contributed by atoms with Crippen LogP contribution in [0, 0.1) is 0 Å². The summed E-state index contributed by atoms with van der Waals surface area (Å²) < 4.78 is 17.3. The van der Waals surface area contributed by atoms with Gasteiger partial charge in [-0.05, 0) is 116 Å². The van der Waals surface area contributed by atoms with Gasteiger partial charge in [0.2, 0.25) is 0 Å². The maximum absolute atomic E-state index is 12.8. The molecule has 0 bridgehead atoms. The van der Waals surface area contributed by atoms with Crippen LogP contribution in [-0.4, -0.2) is 37.9 Å². The van der Waals surface area contributed by atoms with Crippen molar-refractivity contribution in [2.75, 3.05) is 19.8 Å². The van der Waals surface area contributed by atoms with Gasteiger partial charge in [0.05, 0.1) is 13.0 Å². The molecule has 0 amide bonds. The van der Waals surface area contributed by atoms with E-state index in [2.05, 4.69) is 154 Å². The summed E-state index contributed by atoms with van der Waals surface area (Å²) in [6.45, 7) is 7.38. The summed E-state index contributed by atoms with van der Waals surface area (Å²) in [6, 6.07) is 0. The van der Waals surface area contributed by atoms with E-state index in [0.717, 1.165) is 89.9 Å². The number of allylic oxidation sites excluding steroid dienone is 23. The van der Waals surface area contributed by atoms with Gasteiger partial charge in [-0.15, -0.1) is 0 Å². The molecule has 5 nitrogen and oxygen atoms in total. The summed E-state index contributed by atoms with van der Waals surface area (Å²) in [4.78, 5) is 25.4. The van der Waals surface area contributed by atoms with Gasteiger partial charge in [0.1, 0.15) is 6.61 Å². The molecule has 1 unspecified atom stereocenters. The lowest BCUT2D eigenvalue weighted by atomic mass is 10.1. The number of hydrogen-bond acceptors (Lipinski definition) is 5. The first kappa shape index (κ1) is 63.8. The third-order valence-corrected chi connectivity index (χ3v) is 10.9. The molecule has 0 spiro atoms. The van der Waals surface area contributed by atoms with Gasteiger partial charge in [0.15, 0.2) is 6.10 Å². The first-order valence-corrected chi connectivity index (χ1v) is 27.4. The van der Waals surface area contributed by atoms with Gasteiger partial charge in [-0.3, -0.25) is 9.59 Å². The molecule has 0 aromatic carbocycles. The van der Waals surface area contributed by atoms with Gasteiger partial charge in [-0.2, -0.15) is 0 Å². The van der Waals surface area contributed by atoms with Crippen molar-refractivity contribution in [2.45, 2.75) is 219 Å². The molecule has 0 N–H and O–H groups in total. The standard InChI is InChI=1S/C63H100O5/c1-4-7-10-13-16-19-22-25-28-30-31-32-34-37-40-43-46-49-52-55-58-66-59-61(68-63(65)57-54-51-48-45-42-39-35-27-24-21-18-15-12-9-6-3)60-67-62(64)56-53-50-47-44-41-38-36-33-29-26-23-20-17-14-11-8-5-2/h8-9,11-12,16-21,25-29,35-36,38,42,44-45,47,51,54,61H,4-7,10,13-15,22-24,30-34,37,39-41,43,46,48-50,52-53,55-60H2,1-3H3/b11-8-,12-9-,19-16-,20-17-,21-18-,28-25-,29-26-,35-27-,38-36-,45-42-,47-44-,54-51-. The topological polar surface area (TPSA) is 61.8 Å². The second-order valence-corrected chi connectivity index (χ2v) is 17.4. The molecule has 68 heavy (non-hydrogen) atoms. The monoisotopic (exact) mass is 937 g/mol. The molecule has 0 aromatic heterocycles. The number of ether oxygens (including phenoxy) is 3. The summed E-state index contributed by atoms with van der Waals surface area (Å²) in [6.07, 6.45) is 83.2. The van der Waals surface area contributed by atoms with Crippen LogP contribution in [0.15, 0.2) is 146 Å². The predicted octanol–water partition coefficient (Wildman–Crippen LogP) is 18.9. The van der Waals surface area contributed by atoms with E-state index in [-0.39, 0.29) is 31.6 Å². The van der Waals surface area contributed by atoms with Crippen LogP contribution in [0.2, 0.25) is 0 Å². The van der Waals surface area contributed by atoms with Gasteiger partial charge in [0.25, 0.3) is 0 Å². The fraction of sp³-hybridized carbons (Fsp3) is 0.587. The molecule has 382 valence electrons. The minimum atomic E-state index is -0.626. The largest absolute Gasteiger partial charge is 0.462 e. The highest BCUT2D eigenvalue weighted by Gasteiger charge is 2.17. The van der Waals surface area contributed by atoms with Crippen LogP contribution in [-0.2, 0) is 23.8 Å². The highest BCUT2D eigenvalue weighted by Crippen LogP contribution is 2.13. The third-order valence-electron chi connectivity index (χ3n) is 10.9. The predicted molar refractivity (Wildman–Crippen MR) is 297 cm³/mol. The van der Waals surface area contributed by atoms with Gasteiger partial charge in [0, 0.05) is 13.0 Å². The minimum Gasteiger partial charge on any atom is -0.462 e. The van der Waals surface area contributed by atoms with Crippen LogP contribution in [0.1, 0.15) is 213 Å². The van der Waals surface area contributed by atoms with Crippen LogP contribution < -0.4 is 0 Å². The van der Waals surface area contributed by atoms with Crippen LogP contribution in [0.5, 0.6) is 0 Å². The van der Waals surface area contributed by atoms with Gasteiger partial charge < -0.3 is 14.2 Å².